The average molecular weight is 572 g/mol. The standard InChI is InChI=1S/C25H18FIN2O5/c1-34-22-12-14(11-21(27)18(22)13-15-4-2-3-5-20(15)26)10-19-23(31)28-25(33)29(24(19)32)16-6-8-17(30)9-7-16/h2-12,30H,13H2,1H3,(H,28,31,33)/b19-10+. The van der Waals surface area contributed by atoms with Gasteiger partial charge in [-0.25, -0.2) is 14.1 Å². The number of imide groups is 2. The molecule has 1 heterocycles. The number of ether oxygens (including phenoxy) is 1. The number of nitrogens with one attached hydrogen (secondary N) is 1. The molecule has 9 heteroatoms. The molecule has 172 valence electrons. The predicted octanol–water partition coefficient (Wildman–Crippen LogP) is 4.40. The molecule has 1 saturated heterocycles. The third kappa shape index (κ3) is 4.65. The van der Waals surface area contributed by atoms with Crippen LogP contribution in [0.1, 0.15) is 16.7 Å². The maximum atomic E-state index is 14.2. The minimum absolute atomic E-state index is 0.0300. The van der Waals surface area contributed by atoms with Crippen LogP contribution in [-0.4, -0.2) is 30.1 Å². The van der Waals surface area contributed by atoms with Crippen LogP contribution in [-0.2, 0) is 16.0 Å². The van der Waals surface area contributed by atoms with Crippen molar-refractivity contribution < 1.29 is 28.6 Å². The monoisotopic (exact) mass is 572 g/mol. The summed E-state index contributed by atoms with van der Waals surface area (Å²) in [5.74, 6) is -1.51. The second-order valence-electron chi connectivity index (χ2n) is 7.43. The fourth-order valence-corrected chi connectivity index (χ4v) is 4.38. The molecule has 1 aliphatic rings. The van der Waals surface area contributed by atoms with Gasteiger partial charge in [0.2, 0.25) is 0 Å². The smallest absolute Gasteiger partial charge is 0.335 e. The molecule has 0 spiro atoms. The largest absolute Gasteiger partial charge is 0.508 e. The summed E-state index contributed by atoms with van der Waals surface area (Å²) in [4.78, 5) is 38.7. The van der Waals surface area contributed by atoms with Gasteiger partial charge >= 0.3 is 6.03 Å². The number of aromatic hydroxyl groups is 1. The molecule has 0 radical (unpaired) electrons. The van der Waals surface area contributed by atoms with Gasteiger partial charge in [0.15, 0.2) is 0 Å². The SMILES string of the molecule is COc1cc(/C=C2\C(=O)NC(=O)N(c3ccc(O)cc3)C2=O)cc(I)c1Cc1ccccc1F. The van der Waals surface area contributed by atoms with Crippen LogP contribution in [0.4, 0.5) is 14.9 Å². The Bertz CT molecular complexity index is 1340. The Hall–Kier alpha value is -3.73. The van der Waals surface area contributed by atoms with Crippen LogP contribution >= 0.6 is 22.6 Å². The zero-order chi connectivity index (χ0) is 24.4. The zero-order valence-corrected chi connectivity index (χ0v) is 20.0. The topological polar surface area (TPSA) is 95.9 Å². The molecule has 3 aromatic rings. The van der Waals surface area contributed by atoms with E-state index in [1.54, 1.807) is 30.3 Å². The molecular formula is C25H18FIN2O5. The van der Waals surface area contributed by atoms with Crippen molar-refractivity contribution in [3.8, 4) is 11.5 Å². The summed E-state index contributed by atoms with van der Waals surface area (Å²) >= 11 is 2.09. The summed E-state index contributed by atoms with van der Waals surface area (Å²) < 4.78 is 20.4. The Morgan fingerprint density at radius 3 is 2.47 bits per heavy atom. The van der Waals surface area contributed by atoms with Gasteiger partial charge in [-0.15, -0.1) is 0 Å². The molecule has 7 nitrogen and oxygen atoms in total. The maximum Gasteiger partial charge on any atom is 0.335 e. The van der Waals surface area contributed by atoms with Gasteiger partial charge in [0, 0.05) is 15.6 Å². The minimum Gasteiger partial charge on any atom is -0.508 e. The molecule has 0 aromatic heterocycles. The number of nitrogens with zero attached hydrogens (tertiary/aromatic N) is 1. The van der Waals surface area contributed by atoms with Crippen molar-refractivity contribution in [1.82, 2.24) is 5.32 Å². The maximum absolute atomic E-state index is 14.2. The van der Waals surface area contributed by atoms with Gasteiger partial charge in [0.1, 0.15) is 22.9 Å². The number of phenolic OH excluding ortho intramolecular Hbond substituents is 1. The number of hydrogen-bond acceptors (Lipinski definition) is 5. The van der Waals surface area contributed by atoms with E-state index in [4.69, 9.17) is 4.74 Å². The molecule has 34 heavy (non-hydrogen) atoms. The van der Waals surface area contributed by atoms with Gasteiger partial charge in [0.05, 0.1) is 12.8 Å². The van der Waals surface area contributed by atoms with E-state index in [1.165, 1.54) is 43.5 Å². The number of carbonyl (C=O) groups is 3. The van der Waals surface area contributed by atoms with Gasteiger partial charge in [-0.3, -0.25) is 14.9 Å². The number of benzene rings is 3. The Morgan fingerprint density at radius 1 is 1.09 bits per heavy atom. The van der Waals surface area contributed by atoms with Crippen LogP contribution in [0.15, 0.2) is 66.2 Å². The molecule has 0 saturated carbocycles. The number of phenols is 1. The number of amides is 4. The Labute approximate surface area is 208 Å². The molecule has 0 unspecified atom stereocenters. The van der Waals surface area contributed by atoms with Crippen LogP contribution < -0.4 is 15.0 Å². The lowest BCUT2D eigenvalue weighted by atomic mass is 10.00. The Kier molecular flexibility index (Phi) is 6.64. The van der Waals surface area contributed by atoms with E-state index in [9.17, 15) is 23.9 Å². The van der Waals surface area contributed by atoms with E-state index in [1.807, 2.05) is 0 Å². The fraction of sp³-hybridized carbons (Fsp3) is 0.0800. The predicted molar refractivity (Wildman–Crippen MR) is 132 cm³/mol. The highest BCUT2D eigenvalue weighted by Gasteiger charge is 2.36. The molecule has 0 aliphatic carbocycles. The number of rotatable bonds is 5. The van der Waals surface area contributed by atoms with E-state index in [-0.39, 0.29) is 22.8 Å². The van der Waals surface area contributed by atoms with E-state index >= 15 is 0 Å². The first-order chi connectivity index (χ1) is 16.3. The van der Waals surface area contributed by atoms with E-state index < -0.39 is 17.8 Å². The lowest BCUT2D eigenvalue weighted by molar-refractivity contribution is -0.122. The van der Waals surface area contributed by atoms with Crippen molar-refractivity contribution in [3.63, 3.8) is 0 Å². The van der Waals surface area contributed by atoms with Gasteiger partial charge in [-0.05, 0) is 82.3 Å². The van der Waals surface area contributed by atoms with Crippen LogP contribution in [0.3, 0.4) is 0 Å². The fourth-order valence-electron chi connectivity index (χ4n) is 3.56. The molecule has 1 fully saturated rings. The summed E-state index contributed by atoms with van der Waals surface area (Å²) in [6.45, 7) is 0. The molecule has 2 N–H and O–H groups in total. The molecule has 4 amide bonds. The van der Waals surface area contributed by atoms with E-state index in [0.29, 0.717) is 23.3 Å². The number of anilines is 1. The highest BCUT2D eigenvalue weighted by molar-refractivity contribution is 14.1. The number of halogens is 2. The molecular weight excluding hydrogens is 554 g/mol. The van der Waals surface area contributed by atoms with Crippen LogP contribution in [0.5, 0.6) is 11.5 Å². The van der Waals surface area contributed by atoms with Gasteiger partial charge < -0.3 is 9.84 Å². The van der Waals surface area contributed by atoms with Crippen molar-refractivity contribution in [2.24, 2.45) is 0 Å². The minimum atomic E-state index is -0.884. The highest BCUT2D eigenvalue weighted by atomic mass is 127. The van der Waals surface area contributed by atoms with Gasteiger partial charge in [-0.2, -0.15) is 0 Å². The van der Waals surface area contributed by atoms with Gasteiger partial charge in [0.25, 0.3) is 11.8 Å². The summed E-state index contributed by atoms with van der Waals surface area (Å²) in [5, 5.41) is 11.6. The normalized spacial score (nSPS) is 15.0. The zero-order valence-electron chi connectivity index (χ0n) is 17.8. The lowest BCUT2D eigenvalue weighted by Crippen LogP contribution is -2.54. The molecule has 3 aromatic carbocycles. The van der Waals surface area contributed by atoms with Gasteiger partial charge in [-0.1, -0.05) is 18.2 Å². The third-order valence-corrected chi connectivity index (χ3v) is 6.20. The first-order valence-corrected chi connectivity index (χ1v) is 11.2. The van der Waals surface area contributed by atoms with Crippen LogP contribution in [0.2, 0.25) is 0 Å². The Morgan fingerprint density at radius 2 is 1.79 bits per heavy atom. The molecule has 0 atom stereocenters. The van der Waals surface area contributed by atoms with Crippen LogP contribution in [0.25, 0.3) is 6.08 Å². The molecule has 0 bridgehead atoms. The second-order valence-corrected chi connectivity index (χ2v) is 8.59. The van der Waals surface area contributed by atoms with Crippen LogP contribution in [0, 0.1) is 9.39 Å². The summed E-state index contributed by atoms with van der Waals surface area (Å²) in [6.07, 6.45) is 1.67. The van der Waals surface area contributed by atoms with Crippen molar-refractivity contribution in [2.75, 3.05) is 12.0 Å². The molecule has 1 aliphatic heterocycles. The summed E-state index contributed by atoms with van der Waals surface area (Å²) in [5.41, 5.74) is 1.72. The van der Waals surface area contributed by atoms with Crippen molar-refractivity contribution in [3.05, 3.63) is 92.3 Å². The third-order valence-electron chi connectivity index (χ3n) is 5.24. The quantitative estimate of drug-likeness (QED) is 0.269. The van der Waals surface area contributed by atoms with Crippen molar-refractivity contribution >= 4 is 52.2 Å². The molecule has 4 rings (SSSR count). The summed E-state index contributed by atoms with van der Waals surface area (Å²) in [7, 11) is 1.48. The van der Waals surface area contributed by atoms with Crippen molar-refractivity contribution in [1.29, 1.82) is 0 Å². The first-order valence-electron chi connectivity index (χ1n) is 10.1. The highest BCUT2D eigenvalue weighted by Crippen LogP contribution is 2.31. The lowest BCUT2D eigenvalue weighted by Gasteiger charge is -2.26. The number of hydrogen-bond donors (Lipinski definition) is 2. The first kappa shape index (κ1) is 23.4. The van der Waals surface area contributed by atoms with Crippen molar-refractivity contribution in [2.45, 2.75) is 6.42 Å². The number of urea groups is 1. The number of methoxy groups -OCH3 is 1. The number of barbiturate groups is 1. The van der Waals surface area contributed by atoms with E-state index in [0.717, 1.165) is 14.0 Å². The second kappa shape index (κ2) is 9.64. The Balaban J connectivity index is 1.71. The summed E-state index contributed by atoms with van der Waals surface area (Å²) in [6, 6.07) is 14.4. The number of carbonyl (C=O) groups excluding carboxylic acids is 3. The van der Waals surface area contributed by atoms with E-state index in [2.05, 4.69) is 27.9 Å². The average Bonchev–Trinajstić information content (AvgIpc) is 2.80.